The minimum Gasteiger partial charge on any atom is -0.478 e. The third kappa shape index (κ3) is 3.85. The molecule has 0 unspecified atom stereocenters. The molecule has 4 aromatic rings. The first-order valence-electron chi connectivity index (χ1n) is 10.8. The lowest BCUT2D eigenvalue weighted by atomic mass is 10.1. The molecule has 0 aliphatic carbocycles. The van der Waals surface area contributed by atoms with Crippen LogP contribution in [0.2, 0.25) is 0 Å². The summed E-state index contributed by atoms with van der Waals surface area (Å²) in [5.74, 6) is -1.04. The number of nitrogens with zero attached hydrogens (tertiary/aromatic N) is 6. The Kier molecular flexibility index (Phi) is 5.44. The van der Waals surface area contributed by atoms with Crippen molar-refractivity contribution in [3.05, 3.63) is 53.8 Å². The molecule has 1 saturated heterocycles. The van der Waals surface area contributed by atoms with Gasteiger partial charge in [0.15, 0.2) is 0 Å². The predicted octanol–water partition coefficient (Wildman–Crippen LogP) is 3.08. The van der Waals surface area contributed by atoms with Crippen molar-refractivity contribution in [2.45, 2.75) is 6.92 Å². The summed E-state index contributed by atoms with van der Waals surface area (Å²) in [5.41, 5.74) is 1.76. The van der Waals surface area contributed by atoms with Gasteiger partial charge in [0, 0.05) is 37.6 Å². The number of carbonyl (C=O) groups excluding carboxylic acids is 1. The number of carboxylic acid groups (broad SMARTS) is 1. The largest absolute Gasteiger partial charge is 0.478 e. The van der Waals surface area contributed by atoms with Gasteiger partial charge in [0.2, 0.25) is 0 Å². The van der Waals surface area contributed by atoms with Gasteiger partial charge in [0.05, 0.1) is 23.4 Å². The third-order valence-corrected chi connectivity index (χ3v) is 5.71. The summed E-state index contributed by atoms with van der Waals surface area (Å²) in [6.07, 6.45) is -0.358. The number of fused-ring (bicyclic) bond motifs is 3. The highest BCUT2D eigenvalue weighted by Crippen LogP contribution is 2.29. The van der Waals surface area contributed by atoms with E-state index in [9.17, 15) is 19.1 Å². The molecule has 1 N–H and O–H groups in total. The van der Waals surface area contributed by atoms with Gasteiger partial charge in [-0.3, -0.25) is 0 Å². The SMILES string of the molecule is CCOC(=O)N1CCN(c2cc(C(=O)O)c3c(ccc4nn(-c5cccc(F)c5)nc43)n2)CC1. The Hall–Kier alpha value is -4.28. The van der Waals surface area contributed by atoms with Crippen LogP contribution < -0.4 is 4.90 Å². The Morgan fingerprint density at radius 2 is 1.82 bits per heavy atom. The maximum Gasteiger partial charge on any atom is 0.409 e. The number of hydrogen-bond acceptors (Lipinski definition) is 7. The van der Waals surface area contributed by atoms with Crippen LogP contribution >= 0.6 is 0 Å². The van der Waals surface area contributed by atoms with E-state index in [1.54, 1.807) is 36.1 Å². The monoisotopic (exact) mass is 464 g/mol. The molecular formula is C23H21FN6O4. The van der Waals surface area contributed by atoms with E-state index in [0.717, 1.165) is 0 Å². The first-order chi connectivity index (χ1) is 16.4. The maximum absolute atomic E-state index is 13.7. The second-order valence-corrected chi connectivity index (χ2v) is 7.80. The topological polar surface area (TPSA) is 114 Å². The molecule has 11 heteroatoms. The van der Waals surface area contributed by atoms with E-state index in [0.29, 0.717) is 66.2 Å². The Balaban J connectivity index is 1.54. The summed E-state index contributed by atoms with van der Waals surface area (Å²) in [6.45, 7) is 3.95. The van der Waals surface area contributed by atoms with Crippen LogP contribution in [-0.4, -0.2) is 74.8 Å². The molecule has 2 aromatic carbocycles. The van der Waals surface area contributed by atoms with E-state index in [1.807, 2.05) is 4.90 Å². The maximum atomic E-state index is 13.7. The van der Waals surface area contributed by atoms with Gasteiger partial charge in [-0.1, -0.05) is 6.07 Å². The van der Waals surface area contributed by atoms with E-state index in [2.05, 4.69) is 15.2 Å². The quantitative estimate of drug-likeness (QED) is 0.490. The summed E-state index contributed by atoms with van der Waals surface area (Å²) in [4.78, 5) is 33.7. The summed E-state index contributed by atoms with van der Waals surface area (Å²) in [7, 11) is 0. The van der Waals surface area contributed by atoms with Gasteiger partial charge in [-0.2, -0.15) is 4.80 Å². The van der Waals surface area contributed by atoms with Crippen LogP contribution in [0, 0.1) is 5.82 Å². The Morgan fingerprint density at radius 1 is 1.06 bits per heavy atom. The lowest BCUT2D eigenvalue weighted by Gasteiger charge is -2.34. The number of pyridine rings is 1. The lowest BCUT2D eigenvalue weighted by Crippen LogP contribution is -2.49. The summed E-state index contributed by atoms with van der Waals surface area (Å²) in [6, 6.07) is 10.8. The molecule has 0 bridgehead atoms. The number of aromatic nitrogens is 4. The number of carboxylic acids is 1. The molecule has 2 aromatic heterocycles. The van der Waals surface area contributed by atoms with Crippen LogP contribution in [0.25, 0.3) is 27.6 Å². The Morgan fingerprint density at radius 3 is 2.53 bits per heavy atom. The molecule has 1 aliphatic rings. The van der Waals surface area contributed by atoms with Gasteiger partial charge in [0.25, 0.3) is 0 Å². The van der Waals surface area contributed by atoms with Crippen molar-refractivity contribution in [3.8, 4) is 5.69 Å². The van der Waals surface area contributed by atoms with E-state index in [4.69, 9.17) is 4.74 Å². The zero-order chi connectivity index (χ0) is 23.8. The van der Waals surface area contributed by atoms with Gasteiger partial charge in [0.1, 0.15) is 22.7 Å². The number of amides is 1. The molecule has 1 fully saturated rings. The van der Waals surface area contributed by atoms with Crippen molar-refractivity contribution in [1.82, 2.24) is 24.9 Å². The van der Waals surface area contributed by atoms with Gasteiger partial charge in [-0.25, -0.2) is 19.0 Å². The van der Waals surface area contributed by atoms with Crippen molar-refractivity contribution in [1.29, 1.82) is 0 Å². The van der Waals surface area contributed by atoms with E-state index in [1.165, 1.54) is 23.0 Å². The molecule has 10 nitrogen and oxygen atoms in total. The zero-order valence-electron chi connectivity index (χ0n) is 18.3. The van der Waals surface area contributed by atoms with Crippen molar-refractivity contribution in [3.63, 3.8) is 0 Å². The van der Waals surface area contributed by atoms with Gasteiger partial charge in [-0.05, 0) is 37.3 Å². The number of halogens is 1. The smallest absolute Gasteiger partial charge is 0.409 e. The molecule has 3 heterocycles. The fourth-order valence-electron chi connectivity index (χ4n) is 4.07. The fraction of sp³-hybridized carbons (Fsp3) is 0.261. The number of rotatable bonds is 4. The molecule has 34 heavy (non-hydrogen) atoms. The second-order valence-electron chi connectivity index (χ2n) is 7.80. The van der Waals surface area contributed by atoms with Crippen molar-refractivity contribution < 1.29 is 23.8 Å². The zero-order valence-corrected chi connectivity index (χ0v) is 18.3. The molecular weight excluding hydrogens is 443 g/mol. The number of carbonyl (C=O) groups is 2. The Bertz CT molecular complexity index is 1410. The van der Waals surface area contributed by atoms with Crippen LogP contribution in [0.1, 0.15) is 17.3 Å². The van der Waals surface area contributed by atoms with Crippen LogP contribution in [0.15, 0.2) is 42.5 Å². The molecule has 0 atom stereocenters. The summed E-state index contributed by atoms with van der Waals surface area (Å²) < 4.78 is 18.7. The number of ether oxygens (including phenoxy) is 1. The fourth-order valence-corrected chi connectivity index (χ4v) is 4.07. The normalized spacial score (nSPS) is 14.1. The molecule has 1 aliphatic heterocycles. The Labute approximate surface area is 193 Å². The average Bonchev–Trinajstić information content (AvgIpc) is 3.28. The highest BCUT2D eigenvalue weighted by Gasteiger charge is 2.25. The molecule has 0 saturated carbocycles. The van der Waals surface area contributed by atoms with Crippen LogP contribution in [0.3, 0.4) is 0 Å². The third-order valence-electron chi connectivity index (χ3n) is 5.71. The van der Waals surface area contributed by atoms with Crippen molar-refractivity contribution in [2.24, 2.45) is 0 Å². The second kappa shape index (κ2) is 8.58. The molecule has 0 radical (unpaired) electrons. The van der Waals surface area contributed by atoms with Crippen LogP contribution in [0.5, 0.6) is 0 Å². The van der Waals surface area contributed by atoms with Crippen LogP contribution in [0.4, 0.5) is 15.0 Å². The lowest BCUT2D eigenvalue weighted by molar-refractivity contribution is 0.0699. The number of aromatic carboxylic acids is 1. The first kappa shape index (κ1) is 21.6. The highest BCUT2D eigenvalue weighted by atomic mass is 19.1. The standard InChI is InChI=1S/C23H21FN6O4/c1-2-34-23(33)29-10-8-28(9-11-29)19-13-16(22(31)32)20-17(25-19)6-7-18-21(20)27-30(26-18)15-5-3-4-14(24)12-15/h3-7,12-13H,2,8-11H2,1H3,(H,31,32). The predicted molar refractivity (Wildman–Crippen MR) is 122 cm³/mol. The van der Waals surface area contributed by atoms with Gasteiger partial charge in [-0.15, -0.1) is 10.2 Å². The van der Waals surface area contributed by atoms with Crippen molar-refractivity contribution >= 4 is 39.8 Å². The van der Waals surface area contributed by atoms with E-state index in [-0.39, 0.29) is 11.7 Å². The number of anilines is 1. The van der Waals surface area contributed by atoms with Crippen molar-refractivity contribution in [2.75, 3.05) is 37.7 Å². The minimum absolute atomic E-state index is 0.0460. The van der Waals surface area contributed by atoms with Gasteiger partial charge >= 0.3 is 12.1 Å². The number of hydrogen-bond donors (Lipinski definition) is 1. The van der Waals surface area contributed by atoms with Crippen LogP contribution in [-0.2, 0) is 4.74 Å². The highest BCUT2D eigenvalue weighted by molar-refractivity contribution is 6.13. The summed E-state index contributed by atoms with van der Waals surface area (Å²) >= 11 is 0. The molecule has 0 spiro atoms. The van der Waals surface area contributed by atoms with Gasteiger partial charge < -0.3 is 19.6 Å². The van der Waals surface area contributed by atoms with E-state index < -0.39 is 11.8 Å². The average molecular weight is 464 g/mol. The molecule has 1 amide bonds. The number of benzene rings is 2. The first-order valence-corrected chi connectivity index (χ1v) is 10.8. The molecule has 5 rings (SSSR count). The number of piperazine rings is 1. The molecule has 174 valence electrons. The van der Waals surface area contributed by atoms with E-state index >= 15 is 0 Å². The minimum atomic E-state index is -1.12. The summed E-state index contributed by atoms with van der Waals surface area (Å²) in [5, 5.41) is 19.2.